The number of fused-ring (bicyclic) bond motifs is 2. The molecule has 3 heterocycles. The van der Waals surface area contributed by atoms with Crippen molar-refractivity contribution in [2.45, 2.75) is 46.7 Å². The Labute approximate surface area is 70.5 Å². The summed E-state index contributed by atoms with van der Waals surface area (Å²) in [5.74, 6) is 0. The molecule has 10 heavy (non-hydrogen) atoms. The molecule has 0 aromatic rings. The van der Waals surface area contributed by atoms with Crippen molar-refractivity contribution in [2.24, 2.45) is 0 Å². The van der Waals surface area contributed by atoms with Crippen molar-refractivity contribution >= 4 is 23.5 Å². The Morgan fingerprint density at radius 3 is 2.70 bits per heavy atom. The molecule has 4 unspecified atom stereocenters. The predicted molar refractivity (Wildman–Crippen MR) is 48.8 cm³/mol. The van der Waals surface area contributed by atoms with Gasteiger partial charge < -0.3 is 0 Å². The Kier molecular flexibility index (Phi) is 1.31. The topological polar surface area (TPSA) is 0 Å². The minimum atomic E-state index is 1.06. The van der Waals surface area contributed by atoms with Crippen molar-refractivity contribution in [1.82, 2.24) is 0 Å². The molecule has 0 spiro atoms. The van der Waals surface area contributed by atoms with Gasteiger partial charge in [0.05, 0.1) is 0 Å². The minimum absolute atomic E-state index is 1.06. The van der Waals surface area contributed by atoms with Crippen LogP contribution in [-0.2, 0) is 0 Å². The normalized spacial score (nSPS) is 57.6. The Morgan fingerprint density at radius 2 is 1.70 bits per heavy atom. The molecule has 2 heteroatoms. The Hall–Kier alpha value is 0.700. The standard InChI is InChI=1S/C8H12S2/c1-2-7-8-4-6(10-7)3-5(1)9-8/h5-8H,1-4H2. The summed E-state index contributed by atoms with van der Waals surface area (Å²) in [6.45, 7) is 0. The van der Waals surface area contributed by atoms with Gasteiger partial charge in [0.1, 0.15) is 0 Å². The lowest BCUT2D eigenvalue weighted by Gasteiger charge is -2.32. The zero-order chi connectivity index (χ0) is 6.55. The van der Waals surface area contributed by atoms with E-state index in [9.17, 15) is 0 Å². The fraction of sp³-hybridized carbons (Fsp3) is 1.00. The predicted octanol–water partition coefficient (Wildman–Crippen LogP) is 2.53. The molecule has 3 rings (SSSR count). The van der Waals surface area contributed by atoms with Crippen molar-refractivity contribution in [3.8, 4) is 0 Å². The van der Waals surface area contributed by atoms with Crippen LogP contribution in [-0.4, -0.2) is 21.0 Å². The number of hydrogen-bond acceptors (Lipinski definition) is 2. The second-order valence-electron chi connectivity index (χ2n) is 3.64. The lowest BCUT2D eigenvalue weighted by atomic mass is 9.99. The number of thioether (sulfide) groups is 2. The van der Waals surface area contributed by atoms with E-state index in [1.807, 2.05) is 0 Å². The van der Waals surface area contributed by atoms with Crippen LogP contribution in [0.25, 0.3) is 0 Å². The quantitative estimate of drug-likeness (QED) is 0.551. The van der Waals surface area contributed by atoms with Gasteiger partial charge >= 0.3 is 0 Å². The van der Waals surface area contributed by atoms with Crippen molar-refractivity contribution in [3.05, 3.63) is 0 Å². The molecule has 3 bridgehead atoms. The van der Waals surface area contributed by atoms with Gasteiger partial charge in [0, 0.05) is 21.0 Å². The van der Waals surface area contributed by atoms with Crippen LogP contribution in [0.4, 0.5) is 0 Å². The Bertz CT molecular complexity index is 147. The summed E-state index contributed by atoms with van der Waals surface area (Å²) in [4.78, 5) is 0. The van der Waals surface area contributed by atoms with Crippen LogP contribution in [0.2, 0.25) is 0 Å². The molecule has 0 amide bonds. The Balaban J connectivity index is 1.94. The average Bonchev–Trinajstić information content (AvgIpc) is 2.11. The molecule has 0 aliphatic carbocycles. The summed E-state index contributed by atoms with van der Waals surface area (Å²) < 4.78 is 0. The average molecular weight is 172 g/mol. The van der Waals surface area contributed by atoms with Crippen molar-refractivity contribution in [1.29, 1.82) is 0 Å². The molecule has 0 N–H and O–H groups in total. The molecule has 0 aromatic heterocycles. The Morgan fingerprint density at radius 1 is 0.800 bits per heavy atom. The molecule has 0 nitrogen and oxygen atoms in total. The largest absolute Gasteiger partial charge is 0.154 e. The van der Waals surface area contributed by atoms with Gasteiger partial charge in [-0.15, -0.1) is 0 Å². The van der Waals surface area contributed by atoms with Crippen molar-refractivity contribution in [3.63, 3.8) is 0 Å². The number of rotatable bonds is 0. The van der Waals surface area contributed by atoms with Crippen LogP contribution in [0, 0.1) is 0 Å². The molecule has 4 atom stereocenters. The lowest BCUT2D eigenvalue weighted by Crippen LogP contribution is -2.28. The monoisotopic (exact) mass is 172 g/mol. The molecule has 0 radical (unpaired) electrons. The van der Waals surface area contributed by atoms with E-state index in [-0.39, 0.29) is 0 Å². The smallest absolute Gasteiger partial charge is 0.0179 e. The summed E-state index contributed by atoms with van der Waals surface area (Å²) in [7, 11) is 0. The second-order valence-corrected chi connectivity index (χ2v) is 6.73. The van der Waals surface area contributed by atoms with Gasteiger partial charge in [-0.25, -0.2) is 0 Å². The molecule has 3 saturated heterocycles. The van der Waals surface area contributed by atoms with Crippen LogP contribution in [0.5, 0.6) is 0 Å². The first-order valence-electron chi connectivity index (χ1n) is 4.23. The number of hydrogen-bond donors (Lipinski definition) is 0. The van der Waals surface area contributed by atoms with E-state index in [1.54, 1.807) is 0 Å². The highest BCUT2D eigenvalue weighted by atomic mass is 32.2. The second kappa shape index (κ2) is 2.10. The summed E-state index contributed by atoms with van der Waals surface area (Å²) in [5, 5.41) is 4.27. The maximum atomic E-state index is 2.30. The first kappa shape index (κ1) is 6.24. The third-order valence-corrected chi connectivity index (χ3v) is 6.48. The van der Waals surface area contributed by atoms with E-state index in [2.05, 4.69) is 23.5 Å². The van der Waals surface area contributed by atoms with Gasteiger partial charge in [0.2, 0.25) is 0 Å². The van der Waals surface area contributed by atoms with E-state index in [0.29, 0.717) is 0 Å². The molecular formula is C8H12S2. The van der Waals surface area contributed by atoms with Gasteiger partial charge in [-0.3, -0.25) is 0 Å². The zero-order valence-electron chi connectivity index (χ0n) is 5.95. The summed E-state index contributed by atoms with van der Waals surface area (Å²) in [5.41, 5.74) is 0. The lowest BCUT2D eigenvalue weighted by molar-refractivity contribution is 0.542. The maximum Gasteiger partial charge on any atom is 0.0179 e. The van der Waals surface area contributed by atoms with Crippen LogP contribution in [0.1, 0.15) is 25.7 Å². The third-order valence-electron chi connectivity index (χ3n) is 2.94. The molecule has 3 aliphatic rings. The van der Waals surface area contributed by atoms with Gasteiger partial charge in [-0.2, -0.15) is 23.5 Å². The molecule has 3 fully saturated rings. The maximum absolute atomic E-state index is 2.30. The summed E-state index contributed by atoms with van der Waals surface area (Å²) in [6.07, 6.45) is 6.12. The van der Waals surface area contributed by atoms with Gasteiger partial charge in [-0.1, -0.05) is 0 Å². The summed E-state index contributed by atoms with van der Waals surface area (Å²) >= 11 is 4.60. The first-order valence-corrected chi connectivity index (χ1v) is 6.11. The van der Waals surface area contributed by atoms with Crippen LogP contribution in [0.15, 0.2) is 0 Å². The summed E-state index contributed by atoms with van der Waals surface area (Å²) in [6, 6.07) is 0. The van der Waals surface area contributed by atoms with Crippen LogP contribution >= 0.6 is 23.5 Å². The highest BCUT2D eigenvalue weighted by molar-refractivity contribution is 8.06. The van der Waals surface area contributed by atoms with Gasteiger partial charge in [0.15, 0.2) is 0 Å². The zero-order valence-corrected chi connectivity index (χ0v) is 7.59. The van der Waals surface area contributed by atoms with E-state index < -0.39 is 0 Å². The van der Waals surface area contributed by atoms with Gasteiger partial charge in [-0.05, 0) is 25.7 Å². The highest BCUT2D eigenvalue weighted by Crippen LogP contribution is 2.55. The van der Waals surface area contributed by atoms with E-state index >= 15 is 0 Å². The highest BCUT2D eigenvalue weighted by Gasteiger charge is 2.45. The molecule has 56 valence electrons. The minimum Gasteiger partial charge on any atom is -0.154 e. The van der Waals surface area contributed by atoms with E-state index in [4.69, 9.17) is 0 Å². The van der Waals surface area contributed by atoms with E-state index in [0.717, 1.165) is 21.0 Å². The van der Waals surface area contributed by atoms with Gasteiger partial charge in [0.25, 0.3) is 0 Å². The van der Waals surface area contributed by atoms with E-state index in [1.165, 1.54) is 25.7 Å². The SMILES string of the molecule is C1CC2SC3CC1SC2C3. The van der Waals surface area contributed by atoms with Crippen molar-refractivity contribution < 1.29 is 0 Å². The fourth-order valence-corrected chi connectivity index (χ4v) is 6.59. The third kappa shape index (κ3) is 0.781. The van der Waals surface area contributed by atoms with Crippen LogP contribution < -0.4 is 0 Å². The molecule has 3 aliphatic heterocycles. The fourth-order valence-electron chi connectivity index (χ4n) is 2.48. The molecular weight excluding hydrogens is 160 g/mol. The first-order chi connectivity index (χ1) is 4.92. The van der Waals surface area contributed by atoms with Crippen molar-refractivity contribution in [2.75, 3.05) is 0 Å². The van der Waals surface area contributed by atoms with Crippen LogP contribution in [0.3, 0.4) is 0 Å². The molecule has 0 aromatic carbocycles. The molecule has 0 saturated carbocycles.